The average Bonchev–Trinajstić information content (AvgIpc) is 2.33. The second kappa shape index (κ2) is 7.96. The Labute approximate surface area is 95.8 Å². The SMILES string of the molecule is CCOCCOc1ccccc1OCCO. The van der Waals surface area contributed by atoms with Gasteiger partial charge in [-0.15, -0.1) is 0 Å². The first-order valence-electron chi connectivity index (χ1n) is 5.41. The number of benzene rings is 1. The summed E-state index contributed by atoms with van der Waals surface area (Å²) in [6.45, 7) is 3.95. The molecule has 1 aromatic carbocycles. The van der Waals surface area contributed by atoms with Crippen LogP contribution in [0.4, 0.5) is 0 Å². The molecule has 0 saturated carbocycles. The quantitative estimate of drug-likeness (QED) is 0.682. The first-order valence-corrected chi connectivity index (χ1v) is 5.41. The Balaban J connectivity index is 2.43. The minimum Gasteiger partial charge on any atom is -0.487 e. The van der Waals surface area contributed by atoms with Crippen molar-refractivity contribution in [1.29, 1.82) is 0 Å². The predicted molar refractivity (Wildman–Crippen MR) is 61.0 cm³/mol. The van der Waals surface area contributed by atoms with Crippen LogP contribution in [0.25, 0.3) is 0 Å². The van der Waals surface area contributed by atoms with E-state index in [-0.39, 0.29) is 13.2 Å². The van der Waals surface area contributed by atoms with Gasteiger partial charge < -0.3 is 19.3 Å². The van der Waals surface area contributed by atoms with E-state index in [1.54, 1.807) is 0 Å². The van der Waals surface area contributed by atoms with Crippen LogP contribution in [0.1, 0.15) is 6.92 Å². The molecule has 0 aliphatic rings. The zero-order valence-electron chi connectivity index (χ0n) is 9.52. The van der Waals surface area contributed by atoms with E-state index in [1.807, 2.05) is 31.2 Å². The molecule has 4 nitrogen and oxygen atoms in total. The maximum atomic E-state index is 8.68. The molecule has 0 aliphatic heterocycles. The van der Waals surface area contributed by atoms with Gasteiger partial charge in [0.25, 0.3) is 0 Å². The highest BCUT2D eigenvalue weighted by atomic mass is 16.5. The third-order valence-corrected chi connectivity index (χ3v) is 1.89. The van der Waals surface area contributed by atoms with Gasteiger partial charge in [-0.1, -0.05) is 12.1 Å². The van der Waals surface area contributed by atoms with Gasteiger partial charge in [-0.25, -0.2) is 0 Å². The Morgan fingerprint density at radius 3 is 2.19 bits per heavy atom. The van der Waals surface area contributed by atoms with Crippen molar-refractivity contribution in [3.63, 3.8) is 0 Å². The van der Waals surface area contributed by atoms with E-state index in [9.17, 15) is 0 Å². The molecule has 0 fully saturated rings. The van der Waals surface area contributed by atoms with Gasteiger partial charge in [0.2, 0.25) is 0 Å². The van der Waals surface area contributed by atoms with Crippen LogP contribution in [-0.2, 0) is 4.74 Å². The van der Waals surface area contributed by atoms with Gasteiger partial charge in [-0.2, -0.15) is 0 Å². The molecular weight excluding hydrogens is 208 g/mol. The van der Waals surface area contributed by atoms with Crippen molar-refractivity contribution < 1.29 is 19.3 Å². The third kappa shape index (κ3) is 4.51. The van der Waals surface area contributed by atoms with Gasteiger partial charge in [-0.05, 0) is 19.1 Å². The van der Waals surface area contributed by atoms with Crippen molar-refractivity contribution in [2.75, 3.05) is 33.0 Å². The van der Waals surface area contributed by atoms with E-state index in [0.29, 0.717) is 31.3 Å². The van der Waals surface area contributed by atoms with Crippen LogP contribution in [0.2, 0.25) is 0 Å². The highest BCUT2D eigenvalue weighted by Gasteiger charge is 2.03. The molecule has 0 amide bonds. The van der Waals surface area contributed by atoms with Gasteiger partial charge in [0.15, 0.2) is 11.5 Å². The van der Waals surface area contributed by atoms with Crippen LogP contribution >= 0.6 is 0 Å². The fourth-order valence-electron chi connectivity index (χ4n) is 1.20. The maximum Gasteiger partial charge on any atom is 0.161 e. The molecule has 0 heterocycles. The van der Waals surface area contributed by atoms with Crippen LogP contribution in [-0.4, -0.2) is 38.1 Å². The third-order valence-electron chi connectivity index (χ3n) is 1.89. The molecular formula is C12H18O4. The van der Waals surface area contributed by atoms with Crippen molar-refractivity contribution in [3.8, 4) is 11.5 Å². The average molecular weight is 226 g/mol. The summed E-state index contributed by atoms with van der Waals surface area (Å²) >= 11 is 0. The van der Waals surface area contributed by atoms with Gasteiger partial charge in [-0.3, -0.25) is 0 Å². The number of hydrogen-bond acceptors (Lipinski definition) is 4. The largest absolute Gasteiger partial charge is 0.487 e. The summed E-state index contributed by atoms with van der Waals surface area (Å²) in [5.74, 6) is 1.32. The van der Waals surface area contributed by atoms with Crippen molar-refractivity contribution >= 4 is 0 Å². The number of aliphatic hydroxyl groups is 1. The van der Waals surface area contributed by atoms with Gasteiger partial charge >= 0.3 is 0 Å². The highest BCUT2D eigenvalue weighted by Crippen LogP contribution is 2.26. The summed E-state index contributed by atoms with van der Waals surface area (Å²) in [4.78, 5) is 0. The molecule has 0 aromatic heterocycles. The highest BCUT2D eigenvalue weighted by molar-refractivity contribution is 5.39. The number of aliphatic hydroxyl groups excluding tert-OH is 1. The van der Waals surface area contributed by atoms with Crippen LogP contribution < -0.4 is 9.47 Å². The molecule has 16 heavy (non-hydrogen) atoms. The number of rotatable bonds is 8. The van der Waals surface area contributed by atoms with Crippen molar-refractivity contribution in [2.24, 2.45) is 0 Å². The number of hydrogen-bond donors (Lipinski definition) is 1. The lowest BCUT2D eigenvalue weighted by Gasteiger charge is -2.11. The summed E-state index contributed by atoms with van der Waals surface area (Å²) < 4.78 is 16.0. The van der Waals surface area contributed by atoms with Crippen LogP contribution in [0, 0.1) is 0 Å². The molecule has 0 spiro atoms. The lowest BCUT2D eigenvalue weighted by Crippen LogP contribution is -2.08. The molecule has 0 bridgehead atoms. The monoisotopic (exact) mass is 226 g/mol. The van der Waals surface area contributed by atoms with Crippen molar-refractivity contribution in [1.82, 2.24) is 0 Å². The minimum atomic E-state index is -0.00667. The lowest BCUT2D eigenvalue weighted by atomic mass is 10.3. The molecule has 0 unspecified atom stereocenters. The zero-order chi connectivity index (χ0) is 11.6. The van der Waals surface area contributed by atoms with E-state index in [2.05, 4.69) is 0 Å². The first kappa shape index (κ1) is 12.8. The molecule has 90 valence electrons. The fourth-order valence-corrected chi connectivity index (χ4v) is 1.20. The number of ether oxygens (including phenoxy) is 3. The van der Waals surface area contributed by atoms with Gasteiger partial charge in [0.1, 0.15) is 13.2 Å². The molecule has 0 saturated heterocycles. The topological polar surface area (TPSA) is 47.9 Å². The summed E-state index contributed by atoms with van der Waals surface area (Å²) in [5, 5.41) is 8.68. The minimum absolute atomic E-state index is 0.00667. The molecule has 0 aliphatic carbocycles. The van der Waals surface area contributed by atoms with Crippen molar-refractivity contribution in [3.05, 3.63) is 24.3 Å². The number of para-hydroxylation sites is 2. The van der Waals surface area contributed by atoms with Crippen molar-refractivity contribution in [2.45, 2.75) is 6.92 Å². The first-order chi connectivity index (χ1) is 7.88. The summed E-state index contributed by atoms with van der Waals surface area (Å²) in [5.41, 5.74) is 0. The molecule has 1 N–H and O–H groups in total. The standard InChI is InChI=1S/C12H18O4/c1-2-14-9-10-16-12-6-4-3-5-11(12)15-8-7-13/h3-6,13H,2,7-10H2,1H3. The van der Waals surface area contributed by atoms with E-state index in [4.69, 9.17) is 19.3 Å². The van der Waals surface area contributed by atoms with Crippen LogP contribution in [0.5, 0.6) is 11.5 Å². The van der Waals surface area contributed by atoms with Crippen LogP contribution in [0.3, 0.4) is 0 Å². The Morgan fingerprint density at radius 2 is 1.62 bits per heavy atom. The Hall–Kier alpha value is -1.26. The van der Waals surface area contributed by atoms with E-state index in [1.165, 1.54) is 0 Å². The zero-order valence-corrected chi connectivity index (χ0v) is 9.52. The predicted octanol–water partition coefficient (Wildman–Crippen LogP) is 1.47. The Bertz CT molecular complexity index is 288. The van der Waals surface area contributed by atoms with Crippen LogP contribution in [0.15, 0.2) is 24.3 Å². The summed E-state index contributed by atoms with van der Waals surface area (Å²) in [7, 11) is 0. The second-order valence-electron chi connectivity index (χ2n) is 3.06. The molecule has 1 rings (SSSR count). The second-order valence-corrected chi connectivity index (χ2v) is 3.06. The Morgan fingerprint density at radius 1 is 1.00 bits per heavy atom. The lowest BCUT2D eigenvalue weighted by molar-refractivity contribution is 0.108. The molecule has 1 aromatic rings. The maximum absolute atomic E-state index is 8.68. The fraction of sp³-hybridized carbons (Fsp3) is 0.500. The van der Waals surface area contributed by atoms with E-state index < -0.39 is 0 Å². The molecule has 0 atom stereocenters. The smallest absolute Gasteiger partial charge is 0.161 e. The summed E-state index contributed by atoms with van der Waals surface area (Å²) in [6, 6.07) is 7.38. The Kier molecular flexibility index (Phi) is 6.37. The van der Waals surface area contributed by atoms with Gasteiger partial charge in [0.05, 0.1) is 13.2 Å². The normalized spacial score (nSPS) is 10.1. The van der Waals surface area contributed by atoms with E-state index in [0.717, 1.165) is 0 Å². The molecule has 0 radical (unpaired) electrons. The molecule has 4 heteroatoms. The van der Waals surface area contributed by atoms with Gasteiger partial charge in [0, 0.05) is 6.61 Å². The van der Waals surface area contributed by atoms with E-state index >= 15 is 0 Å². The summed E-state index contributed by atoms with van der Waals surface area (Å²) in [6.07, 6.45) is 0.